The Kier molecular flexibility index (Phi) is 7.79. The predicted octanol–water partition coefficient (Wildman–Crippen LogP) is 5.89. The van der Waals surface area contributed by atoms with Crippen molar-refractivity contribution in [2.24, 2.45) is 24.8 Å². The van der Waals surface area contributed by atoms with Gasteiger partial charge in [-0.25, -0.2) is 4.98 Å². The molecule has 2 aromatic carbocycles. The minimum atomic E-state index is -0.269. The number of imidazole rings is 1. The van der Waals surface area contributed by atoms with Gasteiger partial charge >= 0.3 is 0 Å². The van der Waals surface area contributed by atoms with E-state index in [9.17, 15) is 9.59 Å². The third kappa shape index (κ3) is 5.68. The average Bonchev–Trinajstić information content (AvgIpc) is 3.37. The number of aromatic amines is 1. The van der Waals surface area contributed by atoms with Gasteiger partial charge in [0.05, 0.1) is 27.3 Å². The summed E-state index contributed by atoms with van der Waals surface area (Å²) in [6.07, 6.45) is 7.58. The van der Waals surface area contributed by atoms with Crippen LogP contribution >= 0.6 is 23.2 Å². The van der Waals surface area contributed by atoms with E-state index in [0.717, 1.165) is 90.2 Å². The fourth-order valence-electron chi connectivity index (χ4n) is 6.90. The maximum Gasteiger partial charge on any atom is 0.269 e. The number of hydrogen-bond acceptors (Lipinski definition) is 5. The summed E-state index contributed by atoms with van der Waals surface area (Å²) in [6.45, 7) is 4.52. The van der Waals surface area contributed by atoms with E-state index in [-0.39, 0.29) is 24.4 Å². The van der Waals surface area contributed by atoms with E-state index in [1.54, 1.807) is 12.1 Å². The number of amides is 2. The normalized spacial score (nSPS) is 22.7. The van der Waals surface area contributed by atoms with Gasteiger partial charge < -0.3 is 20.1 Å². The third-order valence-corrected chi connectivity index (χ3v) is 10.6. The minimum Gasteiger partial charge on any atom is -0.370 e. The summed E-state index contributed by atoms with van der Waals surface area (Å²) in [6, 6.07) is 9.55. The zero-order chi connectivity index (χ0) is 30.5. The molecule has 1 saturated heterocycles. The zero-order valence-electron chi connectivity index (χ0n) is 25.0. The Morgan fingerprint density at radius 2 is 1.82 bits per heavy atom. The molecule has 2 aliphatic carbocycles. The van der Waals surface area contributed by atoms with Crippen molar-refractivity contribution in [3.63, 3.8) is 0 Å². The van der Waals surface area contributed by atoms with Crippen molar-refractivity contribution in [3.8, 4) is 0 Å². The van der Waals surface area contributed by atoms with Gasteiger partial charge in [0.25, 0.3) is 11.8 Å². The van der Waals surface area contributed by atoms with E-state index in [0.29, 0.717) is 27.7 Å². The second kappa shape index (κ2) is 11.7. The third-order valence-electron chi connectivity index (χ3n) is 9.79. The van der Waals surface area contributed by atoms with Crippen LogP contribution in [-0.4, -0.2) is 50.7 Å². The second-order valence-electron chi connectivity index (χ2n) is 12.9. The van der Waals surface area contributed by atoms with Crippen LogP contribution in [0.25, 0.3) is 11.0 Å². The predicted molar refractivity (Wildman–Crippen MR) is 172 cm³/mol. The van der Waals surface area contributed by atoms with Gasteiger partial charge in [-0.05, 0) is 85.3 Å². The standard InChI is InChI=1S/C33H37Cl2N7O2/c1-18-3-6-22(7-4-18)38-32(43)24-12-27-29(14-28(24)42-16-20-11-21(20)17-42)41(2)30(39-27)13-23-25(34)8-5-19(31(23)35)15-36-33(44)26-9-10-37-40-26/h5,8-10,12,14,18,20-22H,3-4,6-7,11,13,15-17H2,1-2H3,(H,36,44)(H,37,40)(H,38,43). The van der Waals surface area contributed by atoms with Gasteiger partial charge in [-0.1, -0.05) is 36.2 Å². The summed E-state index contributed by atoms with van der Waals surface area (Å²) in [5.41, 5.74) is 5.30. The Hall–Kier alpha value is -3.56. The maximum absolute atomic E-state index is 13.8. The molecular weight excluding hydrogens is 597 g/mol. The molecule has 9 nitrogen and oxygen atoms in total. The Balaban J connectivity index is 1.17. The van der Waals surface area contributed by atoms with Crippen LogP contribution in [0, 0.1) is 17.8 Å². The van der Waals surface area contributed by atoms with Gasteiger partial charge in [0, 0.05) is 50.4 Å². The highest BCUT2D eigenvalue weighted by Crippen LogP contribution is 2.47. The number of anilines is 1. The number of piperidine rings is 1. The van der Waals surface area contributed by atoms with Crippen molar-refractivity contribution in [1.29, 1.82) is 0 Å². The number of nitrogens with one attached hydrogen (secondary N) is 3. The monoisotopic (exact) mass is 633 g/mol. The summed E-state index contributed by atoms with van der Waals surface area (Å²) in [5.74, 6) is 2.71. The molecule has 2 amide bonds. The van der Waals surface area contributed by atoms with Crippen LogP contribution in [0.3, 0.4) is 0 Å². The van der Waals surface area contributed by atoms with Crippen molar-refractivity contribution < 1.29 is 9.59 Å². The van der Waals surface area contributed by atoms with Crippen LogP contribution in [0.4, 0.5) is 5.69 Å². The Morgan fingerprint density at radius 3 is 2.55 bits per heavy atom. The Morgan fingerprint density at radius 1 is 1.05 bits per heavy atom. The van der Waals surface area contributed by atoms with Crippen molar-refractivity contribution in [1.82, 2.24) is 30.4 Å². The van der Waals surface area contributed by atoms with E-state index in [4.69, 9.17) is 28.2 Å². The number of fused-ring (bicyclic) bond motifs is 2. The van der Waals surface area contributed by atoms with Gasteiger partial charge in [-0.3, -0.25) is 14.7 Å². The van der Waals surface area contributed by atoms with Crippen LogP contribution in [0.2, 0.25) is 10.0 Å². The molecule has 44 heavy (non-hydrogen) atoms. The van der Waals surface area contributed by atoms with Gasteiger partial charge in [0.2, 0.25) is 0 Å². The van der Waals surface area contributed by atoms with Crippen molar-refractivity contribution >= 4 is 51.7 Å². The highest BCUT2D eigenvalue weighted by Gasteiger charge is 2.46. The molecule has 2 saturated carbocycles. The molecule has 7 rings (SSSR count). The molecule has 3 N–H and O–H groups in total. The SMILES string of the molecule is CC1CCC(NC(=O)c2cc3nc(Cc4c(Cl)ccc(CNC(=O)c5ccn[nH]5)c4Cl)n(C)c3cc2N2CC3CC3C2)CC1. The first-order valence-electron chi connectivity index (χ1n) is 15.5. The molecule has 2 aromatic heterocycles. The van der Waals surface area contributed by atoms with Crippen LogP contribution in [0.5, 0.6) is 0 Å². The highest BCUT2D eigenvalue weighted by atomic mass is 35.5. The molecule has 2 unspecified atom stereocenters. The summed E-state index contributed by atoms with van der Waals surface area (Å²) < 4.78 is 2.07. The topological polar surface area (TPSA) is 108 Å². The molecule has 3 fully saturated rings. The number of aryl methyl sites for hydroxylation is 1. The van der Waals surface area contributed by atoms with E-state index in [1.807, 2.05) is 19.2 Å². The number of hydrogen-bond donors (Lipinski definition) is 3. The van der Waals surface area contributed by atoms with E-state index in [2.05, 4.69) is 43.3 Å². The lowest BCUT2D eigenvalue weighted by Crippen LogP contribution is -2.38. The fraction of sp³-hybridized carbons (Fsp3) is 0.455. The van der Waals surface area contributed by atoms with E-state index >= 15 is 0 Å². The maximum atomic E-state index is 13.8. The first kappa shape index (κ1) is 29.2. The summed E-state index contributed by atoms with van der Waals surface area (Å²) >= 11 is 13.5. The largest absolute Gasteiger partial charge is 0.370 e. The molecule has 3 aliphatic rings. The van der Waals surface area contributed by atoms with Gasteiger partial charge in [0.15, 0.2) is 0 Å². The molecular formula is C33H37Cl2N7O2. The Bertz CT molecular complexity index is 1720. The summed E-state index contributed by atoms with van der Waals surface area (Å²) in [5, 5.41) is 13.7. The molecule has 1 aliphatic heterocycles. The molecule has 0 bridgehead atoms. The van der Waals surface area contributed by atoms with Gasteiger partial charge in [-0.2, -0.15) is 5.10 Å². The molecule has 2 atom stereocenters. The van der Waals surface area contributed by atoms with Crippen LogP contribution in [0.15, 0.2) is 36.5 Å². The number of benzene rings is 2. The van der Waals surface area contributed by atoms with Gasteiger partial charge in [0.1, 0.15) is 11.5 Å². The first-order valence-corrected chi connectivity index (χ1v) is 16.3. The lowest BCUT2D eigenvalue weighted by atomic mass is 9.87. The summed E-state index contributed by atoms with van der Waals surface area (Å²) in [4.78, 5) is 33.6. The zero-order valence-corrected chi connectivity index (χ0v) is 26.5. The smallest absolute Gasteiger partial charge is 0.269 e. The second-order valence-corrected chi connectivity index (χ2v) is 13.7. The first-order chi connectivity index (χ1) is 21.2. The van der Waals surface area contributed by atoms with Crippen LogP contribution < -0.4 is 15.5 Å². The lowest BCUT2D eigenvalue weighted by molar-refractivity contribution is 0.0921. The molecule has 0 radical (unpaired) electrons. The quantitative estimate of drug-likeness (QED) is 0.224. The summed E-state index contributed by atoms with van der Waals surface area (Å²) in [7, 11) is 2.00. The number of carbonyl (C=O) groups is 2. The number of rotatable bonds is 8. The lowest BCUT2D eigenvalue weighted by Gasteiger charge is -2.28. The molecule has 0 spiro atoms. The average molecular weight is 635 g/mol. The number of carbonyl (C=O) groups excluding carboxylic acids is 2. The minimum absolute atomic E-state index is 0.00908. The van der Waals surface area contributed by atoms with Gasteiger partial charge in [-0.15, -0.1) is 0 Å². The van der Waals surface area contributed by atoms with E-state index < -0.39 is 0 Å². The molecule has 11 heteroatoms. The Labute approximate surface area is 266 Å². The van der Waals surface area contributed by atoms with Crippen molar-refractivity contribution in [2.75, 3.05) is 18.0 Å². The molecule has 230 valence electrons. The van der Waals surface area contributed by atoms with Crippen molar-refractivity contribution in [3.05, 3.63) is 74.8 Å². The number of nitrogens with zero attached hydrogens (tertiary/aromatic N) is 4. The van der Waals surface area contributed by atoms with Crippen LogP contribution in [0.1, 0.15) is 76.8 Å². The number of aromatic nitrogens is 4. The fourth-order valence-corrected chi connectivity index (χ4v) is 7.47. The highest BCUT2D eigenvalue weighted by molar-refractivity contribution is 6.36. The number of H-pyrrole nitrogens is 1. The number of halogens is 2. The van der Waals surface area contributed by atoms with E-state index in [1.165, 1.54) is 12.6 Å². The molecule has 3 heterocycles. The van der Waals surface area contributed by atoms with Crippen LogP contribution in [-0.2, 0) is 20.0 Å². The molecule has 4 aromatic rings. The van der Waals surface area contributed by atoms with Crippen molar-refractivity contribution in [2.45, 2.75) is 58.0 Å².